The van der Waals surface area contributed by atoms with E-state index < -0.39 is 23.1 Å². The van der Waals surface area contributed by atoms with Crippen LogP contribution in [0, 0.1) is 0 Å². The number of ether oxygens (including phenoxy) is 2. The highest BCUT2D eigenvalue weighted by molar-refractivity contribution is 5.88. The highest BCUT2D eigenvalue weighted by Crippen LogP contribution is 2.28. The lowest BCUT2D eigenvalue weighted by atomic mass is 9.87. The van der Waals surface area contributed by atoms with Gasteiger partial charge in [0.25, 0.3) is 0 Å². The van der Waals surface area contributed by atoms with Gasteiger partial charge in [-0.05, 0) is 38.5 Å². The summed E-state index contributed by atoms with van der Waals surface area (Å²) in [6.45, 7) is 5.13. The van der Waals surface area contributed by atoms with E-state index in [0.29, 0.717) is 5.56 Å². The number of esters is 2. The zero-order valence-electron chi connectivity index (χ0n) is 12.7. The van der Waals surface area contributed by atoms with Crippen LogP contribution in [0.3, 0.4) is 0 Å². The van der Waals surface area contributed by atoms with Gasteiger partial charge in [-0.15, -0.1) is 0 Å². The number of hydrogen-bond donors (Lipinski definition) is 2. The van der Waals surface area contributed by atoms with E-state index >= 15 is 0 Å². The Labute approximate surface area is 123 Å². The van der Waals surface area contributed by atoms with Crippen molar-refractivity contribution in [1.82, 2.24) is 0 Å². The predicted octanol–water partition coefficient (Wildman–Crippen LogP) is 1.45. The fraction of sp³-hybridized carbons (Fsp3) is 0.467. The third-order valence-corrected chi connectivity index (χ3v) is 2.80. The van der Waals surface area contributed by atoms with Crippen LogP contribution in [-0.2, 0) is 24.6 Å². The molecule has 0 fully saturated rings. The van der Waals surface area contributed by atoms with Crippen molar-refractivity contribution in [3.63, 3.8) is 0 Å². The average molecular weight is 295 g/mol. The minimum absolute atomic E-state index is 0.0309. The maximum absolute atomic E-state index is 12.4. The van der Waals surface area contributed by atoms with Crippen LogP contribution < -0.4 is 5.73 Å². The van der Waals surface area contributed by atoms with Gasteiger partial charge in [0, 0.05) is 0 Å². The highest BCUT2D eigenvalue weighted by Gasteiger charge is 2.42. The molecule has 1 rings (SSSR count). The standard InChI is InChI=1S/C15H21NO5/c1-14(2,3)21-13(19)15(16,9-12(18)20-4)10-5-7-11(17)8-6-10/h5-8,17H,9,16H2,1-4H3. The molecule has 0 aromatic heterocycles. The third kappa shape index (κ3) is 4.46. The monoisotopic (exact) mass is 295 g/mol. The summed E-state index contributed by atoms with van der Waals surface area (Å²) < 4.78 is 9.89. The van der Waals surface area contributed by atoms with Gasteiger partial charge in [0.2, 0.25) is 0 Å². The highest BCUT2D eigenvalue weighted by atomic mass is 16.6. The number of carbonyl (C=O) groups excluding carboxylic acids is 2. The number of phenolic OH excluding ortho intramolecular Hbond substituents is 1. The van der Waals surface area contributed by atoms with Gasteiger partial charge in [-0.1, -0.05) is 12.1 Å². The molecule has 0 radical (unpaired) electrons. The van der Waals surface area contributed by atoms with Crippen molar-refractivity contribution in [2.24, 2.45) is 5.73 Å². The van der Waals surface area contributed by atoms with Crippen molar-refractivity contribution in [3.05, 3.63) is 29.8 Å². The average Bonchev–Trinajstić information content (AvgIpc) is 2.37. The van der Waals surface area contributed by atoms with Gasteiger partial charge < -0.3 is 20.3 Å². The zero-order valence-corrected chi connectivity index (χ0v) is 12.7. The van der Waals surface area contributed by atoms with E-state index in [1.165, 1.54) is 31.4 Å². The molecule has 116 valence electrons. The molecule has 0 aliphatic heterocycles. The number of nitrogens with two attached hydrogens (primary N) is 1. The van der Waals surface area contributed by atoms with E-state index in [4.69, 9.17) is 10.5 Å². The minimum atomic E-state index is -1.67. The SMILES string of the molecule is COC(=O)CC(N)(C(=O)OC(C)(C)C)c1ccc(O)cc1. The quantitative estimate of drug-likeness (QED) is 0.816. The number of benzene rings is 1. The molecule has 6 heteroatoms. The van der Waals surface area contributed by atoms with Crippen LogP contribution in [0.25, 0.3) is 0 Å². The van der Waals surface area contributed by atoms with E-state index in [2.05, 4.69) is 4.74 Å². The van der Waals surface area contributed by atoms with Crippen LogP contribution in [-0.4, -0.2) is 29.8 Å². The second-order valence-electron chi connectivity index (χ2n) is 5.77. The molecule has 0 aliphatic carbocycles. The molecule has 6 nitrogen and oxygen atoms in total. The Morgan fingerprint density at radius 3 is 2.14 bits per heavy atom. The van der Waals surface area contributed by atoms with E-state index in [9.17, 15) is 14.7 Å². The maximum atomic E-state index is 12.4. The van der Waals surface area contributed by atoms with Crippen molar-refractivity contribution in [1.29, 1.82) is 0 Å². The molecule has 0 saturated carbocycles. The minimum Gasteiger partial charge on any atom is -0.508 e. The number of rotatable bonds is 4. The molecule has 3 N–H and O–H groups in total. The van der Waals surface area contributed by atoms with Crippen LogP contribution in [0.15, 0.2) is 24.3 Å². The van der Waals surface area contributed by atoms with Gasteiger partial charge in [-0.25, -0.2) is 4.79 Å². The molecule has 0 bridgehead atoms. The Morgan fingerprint density at radius 1 is 1.19 bits per heavy atom. The molecular formula is C15H21NO5. The van der Waals surface area contributed by atoms with Crippen molar-refractivity contribution < 1.29 is 24.2 Å². The fourth-order valence-corrected chi connectivity index (χ4v) is 1.72. The van der Waals surface area contributed by atoms with Crippen LogP contribution >= 0.6 is 0 Å². The molecule has 1 atom stereocenters. The number of methoxy groups -OCH3 is 1. The third-order valence-electron chi connectivity index (χ3n) is 2.80. The maximum Gasteiger partial charge on any atom is 0.331 e. The van der Waals surface area contributed by atoms with Crippen molar-refractivity contribution in [2.75, 3.05) is 7.11 Å². The summed E-state index contributed by atoms with van der Waals surface area (Å²) in [5, 5.41) is 9.33. The van der Waals surface area contributed by atoms with E-state index in [1.807, 2.05) is 0 Å². The number of hydrogen-bond acceptors (Lipinski definition) is 6. The van der Waals surface area contributed by atoms with E-state index in [1.54, 1.807) is 20.8 Å². The van der Waals surface area contributed by atoms with E-state index in [-0.39, 0.29) is 12.2 Å². The second kappa shape index (κ2) is 6.13. The molecule has 1 aromatic carbocycles. The molecule has 1 unspecified atom stereocenters. The topological polar surface area (TPSA) is 98.9 Å². The summed E-state index contributed by atoms with van der Waals surface area (Å²) in [4.78, 5) is 24.0. The summed E-state index contributed by atoms with van der Waals surface area (Å²) >= 11 is 0. The molecule has 21 heavy (non-hydrogen) atoms. The van der Waals surface area contributed by atoms with E-state index in [0.717, 1.165) is 0 Å². The van der Waals surface area contributed by atoms with Crippen LogP contribution in [0.4, 0.5) is 0 Å². The van der Waals surface area contributed by atoms with Gasteiger partial charge in [-0.3, -0.25) is 4.79 Å². The van der Waals surface area contributed by atoms with Gasteiger partial charge in [0.1, 0.15) is 11.4 Å². The largest absolute Gasteiger partial charge is 0.508 e. The molecule has 1 aromatic rings. The normalized spacial score (nSPS) is 14.1. The van der Waals surface area contributed by atoms with Crippen LogP contribution in [0.1, 0.15) is 32.8 Å². The summed E-state index contributed by atoms with van der Waals surface area (Å²) in [5.41, 5.74) is 4.09. The van der Waals surface area contributed by atoms with Crippen molar-refractivity contribution in [3.8, 4) is 5.75 Å². The molecule has 0 aliphatic rings. The van der Waals surface area contributed by atoms with Crippen molar-refractivity contribution >= 4 is 11.9 Å². The summed E-state index contributed by atoms with van der Waals surface area (Å²) in [5.74, 6) is -1.33. The smallest absolute Gasteiger partial charge is 0.331 e. The lowest BCUT2D eigenvalue weighted by molar-refractivity contribution is -0.165. The Balaban J connectivity index is 3.19. The first-order chi connectivity index (χ1) is 9.58. The lowest BCUT2D eigenvalue weighted by Gasteiger charge is -2.30. The second-order valence-corrected chi connectivity index (χ2v) is 5.77. The zero-order chi connectivity index (χ0) is 16.3. The predicted molar refractivity (Wildman–Crippen MR) is 76.5 cm³/mol. The number of carbonyl (C=O) groups is 2. The molecule has 0 amide bonds. The Morgan fingerprint density at radius 2 is 1.71 bits per heavy atom. The van der Waals surface area contributed by atoms with Crippen LogP contribution in [0.2, 0.25) is 0 Å². The van der Waals surface area contributed by atoms with Gasteiger partial charge >= 0.3 is 11.9 Å². The van der Waals surface area contributed by atoms with Crippen molar-refractivity contribution in [2.45, 2.75) is 38.3 Å². The summed E-state index contributed by atoms with van der Waals surface area (Å²) in [6.07, 6.45) is -0.358. The first-order valence-electron chi connectivity index (χ1n) is 6.47. The number of phenols is 1. The Bertz CT molecular complexity index is 518. The number of aromatic hydroxyl groups is 1. The Hall–Kier alpha value is -2.08. The van der Waals surface area contributed by atoms with Gasteiger partial charge in [-0.2, -0.15) is 0 Å². The summed E-state index contributed by atoms with van der Waals surface area (Å²) in [6, 6.07) is 5.72. The molecule has 0 saturated heterocycles. The molecule has 0 heterocycles. The lowest BCUT2D eigenvalue weighted by Crippen LogP contribution is -2.50. The van der Waals surface area contributed by atoms with Gasteiger partial charge in [0.05, 0.1) is 13.5 Å². The first-order valence-corrected chi connectivity index (χ1v) is 6.47. The van der Waals surface area contributed by atoms with Gasteiger partial charge in [0.15, 0.2) is 5.54 Å². The molecule has 0 spiro atoms. The fourth-order valence-electron chi connectivity index (χ4n) is 1.72. The first kappa shape index (κ1) is 17.0. The Kier molecular flexibility index (Phi) is 4.96. The molecular weight excluding hydrogens is 274 g/mol. The summed E-state index contributed by atoms with van der Waals surface area (Å²) in [7, 11) is 1.22. The van der Waals surface area contributed by atoms with Crippen LogP contribution in [0.5, 0.6) is 5.75 Å².